The predicted molar refractivity (Wildman–Crippen MR) is 50.7 cm³/mol. The van der Waals surface area contributed by atoms with Gasteiger partial charge >= 0.3 is 0 Å². The lowest BCUT2D eigenvalue weighted by molar-refractivity contribution is 0.0232. The van der Waals surface area contributed by atoms with E-state index in [-0.39, 0.29) is 5.82 Å². The van der Waals surface area contributed by atoms with Crippen LogP contribution in [-0.2, 0) is 5.60 Å². The third-order valence-corrected chi connectivity index (χ3v) is 2.47. The minimum absolute atomic E-state index is 0.353. The second-order valence-electron chi connectivity index (χ2n) is 3.51. The first-order chi connectivity index (χ1) is 6.48. The first-order valence-electron chi connectivity index (χ1n) is 4.36. The number of benzene rings is 1. The van der Waals surface area contributed by atoms with E-state index in [0.29, 0.717) is 5.56 Å². The van der Waals surface area contributed by atoms with Gasteiger partial charge in [-0.05, 0) is 31.5 Å². The van der Waals surface area contributed by atoms with Crippen LogP contribution in [0.5, 0.6) is 0 Å². The summed E-state index contributed by atoms with van der Waals surface area (Å²) < 4.78 is 12.6. The molecule has 0 aliphatic rings. The van der Waals surface area contributed by atoms with E-state index in [4.69, 9.17) is 5.26 Å². The van der Waals surface area contributed by atoms with Crippen molar-refractivity contribution in [2.75, 3.05) is 0 Å². The average Bonchev–Trinajstić information content (AvgIpc) is 2.17. The second kappa shape index (κ2) is 3.77. The number of hydrogen-bond donors (Lipinski definition) is 1. The molecule has 14 heavy (non-hydrogen) atoms. The van der Waals surface area contributed by atoms with Crippen LogP contribution in [0.3, 0.4) is 0 Å². The number of nitrogens with zero attached hydrogens (tertiary/aromatic N) is 1. The minimum Gasteiger partial charge on any atom is -0.384 e. The maximum Gasteiger partial charge on any atom is 0.123 e. The fraction of sp³-hybridized carbons (Fsp3) is 0.364. The highest BCUT2D eigenvalue weighted by Gasteiger charge is 2.30. The highest BCUT2D eigenvalue weighted by molar-refractivity contribution is 5.24. The zero-order chi connectivity index (χ0) is 10.8. The molecule has 0 amide bonds. The van der Waals surface area contributed by atoms with Gasteiger partial charge in [-0.15, -0.1) is 0 Å². The Labute approximate surface area is 82.6 Å². The van der Waals surface area contributed by atoms with Gasteiger partial charge in [-0.3, -0.25) is 0 Å². The molecule has 1 N–H and O–H groups in total. The molecule has 0 spiro atoms. The van der Waals surface area contributed by atoms with E-state index in [1.54, 1.807) is 13.8 Å². The molecular formula is C11H12FNO. The summed E-state index contributed by atoms with van der Waals surface area (Å²) in [6.07, 6.45) is 0. The lowest BCUT2D eigenvalue weighted by Gasteiger charge is -2.26. The summed E-state index contributed by atoms with van der Waals surface area (Å²) in [5.41, 5.74) is -0.685. The second-order valence-corrected chi connectivity index (χ2v) is 3.51. The van der Waals surface area contributed by atoms with Crippen LogP contribution in [0.2, 0.25) is 0 Å². The molecule has 0 aliphatic carbocycles. The fourth-order valence-corrected chi connectivity index (χ4v) is 1.16. The SMILES string of the molecule is CC(C#N)C(C)(O)c1ccc(F)cc1. The van der Waals surface area contributed by atoms with Gasteiger partial charge in [-0.2, -0.15) is 5.26 Å². The summed E-state index contributed by atoms with van der Waals surface area (Å²) in [6, 6.07) is 7.50. The third-order valence-electron chi connectivity index (χ3n) is 2.47. The van der Waals surface area contributed by atoms with Crippen molar-refractivity contribution >= 4 is 0 Å². The van der Waals surface area contributed by atoms with Crippen molar-refractivity contribution in [3.05, 3.63) is 35.6 Å². The summed E-state index contributed by atoms with van der Waals surface area (Å²) in [4.78, 5) is 0. The Morgan fingerprint density at radius 2 is 1.93 bits per heavy atom. The van der Waals surface area contributed by atoms with Gasteiger partial charge in [0.05, 0.1) is 12.0 Å². The topological polar surface area (TPSA) is 44.0 Å². The van der Waals surface area contributed by atoms with Crippen LogP contribution >= 0.6 is 0 Å². The van der Waals surface area contributed by atoms with E-state index in [1.807, 2.05) is 6.07 Å². The van der Waals surface area contributed by atoms with Gasteiger partial charge < -0.3 is 5.11 Å². The average molecular weight is 193 g/mol. The molecule has 0 fully saturated rings. The third kappa shape index (κ3) is 1.91. The van der Waals surface area contributed by atoms with Crippen LogP contribution in [0, 0.1) is 23.1 Å². The van der Waals surface area contributed by atoms with Crippen LogP contribution in [0.15, 0.2) is 24.3 Å². The number of hydrogen-bond acceptors (Lipinski definition) is 2. The highest BCUT2D eigenvalue weighted by Crippen LogP contribution is 2.28. The molecule has 0 saturated carbocycles. The fourth-order valence-electron chi connectivity index (χ4n) is 1.16. The van der Waals surface area contributed by atoms with E-state index in [1.165, 1.54) is 24.3 Å². The number of aliphatic hydroxyl groups is 1. The van der Waals surface area contributed by atoms with Crippen molar-refractivity contribution in [3.8, 4) is 6.07 Å². The Balaban J connectivity index is 3.05. The quantitative estimate of drug-likeness (QED) is 0.782. The van der Waals surface area contributed by atoms with Gasteiger partial charge in [0.2, 0.25) is 0 Å². The van der Waals surface area contributed by atoms with E-state index in [9.17, 15) is 9.50 Å². The molecule has 1 aromatic carbocycles. The van der Waals surface area contributed by atoms with Crippen molar-refractivity contribution in [3.63, 3.8) is 0 Å². The number of nitriles is 1. The van der Waals surface area contributed by atoms with Crippen molar-refractivity contribution in [2.24, 2.45) is 5.92 Å². The monoisotopic (exact) mass is 193 g/mol. The minimum atomic E-state index is -1.23. The molecule has 3 heteroatoms. The van der Waals surface area contributed by atoms with E-state index in [0.717, 1.165) is 0 Å². The first kappa shape index (κ1) is 10.7. The standard InChI is InChI=1S/C11H12FNO/c1-8(7-13)11(2,14)9-3-5-10(12)6-4-9/h3-6,8,14H,1-2H3. The van der Waals surface area contributed by atoms with E-state index in [2.05, 4.69) is 0 Å². The van der Waals surface area contributed by atoms with E-state index < -0.39 is 11.5 Å². The summed E-state index contributed by atoms with van der Waals surface area (Å²) in [5, 5.41) is 18.7. The predicted octanol–water partition coefficient (Wildman–Crippen LogP) is 2.19. The largest absolute Gasteiger partial charge is 0.384 e. The van der Waals surface area contributed by atoms with Gasteiger partial charge in [0.15, 0.2) is 0 Å². The van der Waals surface area contributed by atoms with Crippen LogP contribution in [-0.4, -0.2) is 5.11 Å². The van der Waals surface area contributed by atoms with Gasteiger partial charge in [-0.25, -0.2) is 4.39 Å². The van der Waals surface area contributed by atoms with Gasteiger partial charge in [0, 0.05) is 0 Å². The molecule has 0 radical (unpaired) electrons. The van der Waals surface area contributed by atoms with Gasteiger partial charge in [-0.1, -0.05) is 12.1 Å². The zero-order valence-electron chi connectivity index (χ0n) is 8.16. The molecule has 0 heterocycles. The molecule has 2 nitrogen and oxygen atoms in total. The van der Waals surface area contributed by atoms with Crippen LogP contribution in [0.1, 0.15) is 19.4 Å². The summed E-state index contributed by atoms with van der Waals surface area (Å²) in [7, 11) is 0. The Bertz CT molecular complexity index is 351. The Morgan fingerprint density at radius 3 is 2.36 bits per heavy atom. The zero-order valence-corrected chi connectivity index (χ0v) is 8.16. The maximum absolute atomic E-state index is 12.6. The molecule has 0 aliphatic heterocycles. The molecule has 2 unspecified atom stereocenters. The Kier molecular flexibility index (Phi) is 2.87. The Hall–Kier alpha value is -1.40. The van der Waals surface area contributed by atoms with Crippen LogP contribution in [0.25, 0.3) is 0 Å². The molecular weight excluding hydrogens is 181 g/mol. The number of rotatable bonds is 2. The summed E-state index contributed by atoms with van der Waals surface area (Å²) >= 11 is 0. The molecule has 1 aromatic rings. The molecule has 0 aromatic heterocycles. The first-order valence-corrected chi connectivity index (χ1v) is 4.36. The van der Waals surface area contributed by atoms with Crippen molar-refractivity contribution in [2.45, 2.75) is 19.4 Å². The van der Waals surface area contributed by atoms with Gasteiger partial charge in [0.1, 0.15) is 11.4 Å². The lowest BCUT2D eigenvalue weighted by Crippen LogP contribution is -2.28. The van der Waals surface area contributed by atoms with Crippen LogP contribution < -0.4 is 0 Å². The molecule has 74 valence electrons. The van der Waals surface area contributed by atoms with Crippen molar-refractivity contribution in [1.29, 1.82) is 5.26 Å². The lowest BCUT2D eigenvalue weighted by atomic mass is 9.85. The molecule has 2 atom stereocenters. The molecule has 0 saturated heterocycles. The number of halogens is 1. The normalized spacial score (nSPS) is 16.8. The molecule has 0 bridgehead atoms. The smallest absolute Gasteiger partial charge is 0.123 e. The van der Waals surface area contributed by atoms with E-state index >= 15 is 0 Å². The van der Waals surface area contributed by atoms with Crippen LogP contribution in [0.4, 0.5) is 4.39 Å². The maximum atomic E-state index is 12.6. The molecule has 1 rings (SSSR count). The Morgan fingerprint density at radius 1 is 1.43 bits per heavy atom. The summed E-state index contributed by atoms with van der Waals surface area (Å²) in [5.74, 6) is -0.887. The summed E-state index contributed by atoms with van der Waals surface area (Å²) in [6.45, 7) is 3.18. The van der Waals surface area contributed by atoms with Gasteiger partial charge in [0.25, 0.3) is 0 Å². The van der Waals surface area contributed by atoms with Crippen molar-refractivity contribution < 1.29 is 9.50 Å². The van der Waals surface area contributed by atoms with Crippen molar-refractivity contribution in [1.82, 2.24) is 0 Å². The highest BCUT2D eigenvalue weighted by atomic mass is 19.1.